The summed E-state index contributed by atoms with van der Waals surface area (Å²) >= 11 is 0. The zero-order valence-electron chi connectivity index (χ0n) is 10.6. The van der Waals surface area contributed by atoms with Crippen LogP contribution in [0.25, 0.3) is 0 Å². The van der Waals surface area contributed by atoms with Gasteiger partial charge in [0.2, 0.25) is 5.91 Å². The van der Waals surface area contributed by atoms with Crippen molar-refractivity contribution in [1.29, 1.82) is 0 Å². The van der Waals surface area contributed by atoms with Crippen molar-refractivity contribution in [2.75, 3.05) is 6.54 Å². The first-order valence-electron chi connectivity index (χ1n) is 6.11. The van der Waals surface area contributed by atoms with E-state index in [4.69, 9.17) is 0 Å². The maximum Gasteiger partial charge on any atom is 0.221 e. The number of carbonyl (C=O) groups is 1. The molecule has 0 aromatic carbocycles. The van der Waals surface area contributed by atoms with E-state index in [2.05, 4.69) is 29.5 Å². The van der Waals surface area contributed by atoms with Gasteiger partial charge in [-0.3, -0.25) is 9.78 Å². The average molecular weight is 235 g/mol. The molecule has 0 radical (unpaired) electrons. The molecule has 0 bridgehead atoms. The minimum atomic E-state index is 0.0811. The number of hydrogen-bond acceptors (Lipinski definition) is 3. The molecule has 1 amide bonds. The lowest BCUT2D eigenvalue weighted by molar-refractivity contribution is -0.121. The average Bonchev–Trinajstić information content (AvgIpc) is 2.37. The van der Waals surface area contributed by atoms with E-state index < -0.39 is 0 Å². The highest BCUT2D eigenvalue weighted by atomic mass is 16.1. The fourth-order valence-electron chi connectivity index (χ4n) is 1.37. The molecule has 0 aliphatic rings. The van der Waals surface area contributed by atoms with E-state index in [-0.39, 0.29) is 5.91 Å². The van der Waals surface area contributed by atoms with Crippen LogP contribution in [0.4, 0.5) is 0 Å². The first-order valence-corrected chi connectivity index (χ1v) is 6.11. The van der Waals surface area contributed by atoms with Gasteiger partial charge in [0, 0.05) is 37.9 Å². The normalized spacial score (nSPS) is 12.1. The monoisotopic (exact) mass is 235 g/mol. The summed E-state index contributed by atoms with van der Waals surface area (Å²) < 4.78 is 0. The van der Waals surface area contributed by atoms with Crippen LogP contribution in [0.3, 0.4) is 0 Å². The summed E-state index contributed by atoms with van der Waals surface area (Å²) in [5.41, 5.74) is 1.07. The lowest BCUT2D eigenvalue weighted by Gasteiger charge is -2.10. The van der Waals surface area contributed by atoms with E-state index in [9.17, 15) is 4.79 Å². The number of nitrogens with one attached hydrogen (secondary N) is 2. The van der Waals surface area contributed by atoms with Gasteiger partial charge < -0.3 is 10.6 Å². The third-order valence-corrected chi connectivity index (χ3v) is 2.70. The molecule has 1 heterocycles. The molecule has 1 aromatic rings. The smallest absolute Gasteiger partial charge is 0.221 e. The maximum absolute atomic E-state index is 11.5. The summed E-state index contributed by atoms with van der Waals surface area (Å²) in [4.78, 5) is 15.4. The highest BCUT2D eigenvalue weighted by molar-refractivity contribution is 5.76. The molecule has 2 N–H and O–H groups in total. The molecule has 0 fully saturated rings. The Morgan fingerprint density at radius 1 is 1.41 bits per heavy atom. The number of pyridine rings is 1. The van der Waals surface area contributed by atoms with Gasteiger partial charge in [0.25, 0.3) is 0 Å². The largest absolute Gasteiger partial charge is 0.352 e. The quantitative estimate of drug-likeness (QED) is 0.752. The summed E-state index contributed by atoms with van der Waals surface area (Å²) in [6, 6.07) is 4.28. The summed E-state index contributed by atoms with van der Waals surface area (Å²) in [7, 11) is 0. The molecule has 1 aromatic heterocycles. The van der Waals surface area contributed by atoms with E-state index >= 15 is 0 Å². The topological polar surface area (TPSA) is 54.0 Å². The van der Waals surface area contributed by atoms with Gasteiger partial charge in [0.05, 0.1) is 0 Å². The Hall–Kier alpha value is -1.42. The standard InChI is InChI=1S/C13H21N3O/c1-3-11(2)15-9-6-13(17)16-10-12-4-7-14-8-5-12/h4-5,7-8,11,15H,3,6,9-10H2,1-2H3,(H,16,17). The van der Waals surface area contributed by atoms with Gasteiger partial charge in [0.15, 0.2) is 0 Å². The Labute approximate surface area is 103 Å². The van der Waals surface area contributed by atoms with Crippen LogP contribution in [-0.4, -0.2) is 23.5 Å². The summed E-state index contributed by atoms with van der Waals surface area (Å²) in [6.07, 6.45) is 5.06. The molecule has 17 heavy (non-hydrogen) atoms. The van der Waals surface area contributed by atoms with Gasteiger partial charge in [-0.1, -0.05) is 6.92 Å². The third-order valence-electron chi connectivity index (χ3n) is 2.70. The molecule has 0 saturated carbocycles. The molecular weight excluding hydrogens is 214 g/mol. The number of amides is 1. The molecule has 4 heteroatoms. The zero-order chi connectivity index (χ0) is 12.5. The van der Waals surface area contributed by atoms with Crippen molar-refractivity contribution in [2.24, 2.45) is 0 Å². The Morgan fingerprint density at radius 2 is 2.12 bits per heavy atom. The Bertz CT molecular complexity index is 327. The summed E-state index contributed by atoms with van der Waals surface area (Å²) in [5, 5.41) is 6.17. The van der Waals surface area contributed by atoms with Gasteiger partial charge in [-0.2, -0.15) is 0 Å². The molecule has 0 spiro atoms. The highest BCUT2D eigenvalue weighted by Crippen LogP contribution is 1.95. The van der Waals surface area contributed by atoms with E-state index in [1.807, 2.05) is 12.1 Å². The maximum atomic E-state index is 11.5. The summed E-state index contributed by atoms with van der Waals surface area (Å²) in [6.45, 7) is 5.55. The van der Waals surface area contributed by atoms with Crippen molar-refractivity contribution >= 4 is 5.91 Å². The predicted molar refractivity (Wildman–Crippen MR) is 68.5 cm³/mol. The van der Waals surface area contributed by atoms with Crippen molar-refractivity contribution in [1.82, 2.24) is 15.6 Å². The van der Waals surface area contributed by atoms with E-state index in [1.165, 1.54) is 0 Å². The van der Waals surface area contributed by atoms with E-state index in [1.54, 1.807) is 12.4 Å². The second kappa shape index (κ2) is 7.79. The minimum absolute atomic E-state index is 0.0811. The Morgan fingerprint density at radius 3 is 2.76 bits per heavy atom. The first-order chi connectivity index (χ1) is 8.22. The molecule has 1 atom stereocenters. The lowest BCUT2D eigenvalue weighted by Crippen LogP contribution is -2.31. The highest BCUT2D eigenvalue weighted by Gasteiger charge is 2.02. The summed E-state index contributed by atoms with van der Waals surface area (Å²) in [5.74, 6) is 0.0811. The van der Waals surface area contributed by atoms with Crippen LogP contribution in [0.2, 0.25) is 0 Å². The Balaban J connectivity index is 2.13. The predicted octanol–water partition coefficient (Wildman–Crippen LogP) is 1.48. The van der Waals surface area contributed by atoms with E-state index in [0.29, 0.717) is 19.0 Å². The molecule has 0 aliphatic carbocycles. The van der Waals surface area contributed by atoms with Crippen molar-refractivity contribution in [2.45, 2.75) is 39.3 Å². The van der Waals surface area contributed by atoms with Gasteiger partial charge in [-0.05, 0) is 31.0 Å². The van der Waals surface area contributed by atoms with Gasteiger partial charge in [0.1, 0.15) is 0 Å². The molecule has 0 saturated heterocycles. The fourth-order valence-corrected chi connectivity index (χ4v) is 1.37. The first kappa shape index (κ1) is 13.6. The second-order valence-electron chi connectivity index (χ2n) is 4.15. The van der Waals surface area contributed by atoms with Crippen LogP contribution in [0.1, 0.15) is 32.3 Å². The van der Waals surface area contributed by atoms with Crippen LogP contribution in [-0.2, 0) is 11.3 Å². The Kier molecular flexibility index (Phi) is 6.25. The van der Waals surface area contributed by atoms with E-state index in [0.717, 1.165) is 18.5 Å². The molecular formula is C13H21N3O. The lowest BCUT2D eigenvalue weighted by atomic mass is 10.2. The molecule has 94 valence electrons. The fraction of sp³-hybridized carbons (Fsp3) is 0.538. The van der Waals surface area contributed by atoms with Crippen LogP contribution in [0.5, 0.6) is 0 Å². The van der Waals surface area contributed by atoms with Crippen molar-refractivity contribution in [3.8, 4) is 0 Å². The molecule has 4 nitrogen and oxygen atoms in total. The van der Waals surface area contributed by atoms with Crippen LogP contribution in [0, 0.1) is 0 Å². The van der Waals surface area contributed by atoms with Crippen LogP contribution < -0.4 is 10.6 Å². The number of rotatable bonds is 7. The molecule has 1 unspecified atom stereocenters. The van der Waals surface area contributed by atoms with Gasteiger partial charge >= 0.3 is 0 Å². The number of carbonyl (C=O) groups excluding carboxylic acids is 1. The number of nitrogens with zero attached hydrogens (tertiary/aromatic N) is 1. The van der Waals surface area contributed by atoms with Crippen molar-refractivity contribution in [3.05, 3.63) is 30.1 Å². The number of aromatic nitrogens is 1. The van der Waals surface area contributed by atoms with Crippen LogP contribution in [0.15, 0.2) is 24.5 Å². The van der Waals surface area contributed by atoms with Crippen molar-refractivity contribution < 1.29 is 4.79 Å². The SMILES string of the molecule is CCC(C)NCCC(=O)NCc1ccncc1. The van der Waals surface area contributed by atoms with Crippen molar-refractivity contribution in [3.63, 3.8) is 0 Å². The van der Waals surface area contributed by atoms with Crippen LogP contribution >= 0.6 is 0 Å². The third kappa shape index (κ3) is 6.02. The second-order valence-corrected chi connectivity index (χ2v) is 4.15. The zero-order valence-corrected chi connectivity index (χ0v) is 10.6. The molecule has 1 rings (SSSR count). The van der Waals surface area contributed by atoms with Gasteiger partial charge in [-0.25, -0.2) is 0 Å². The van der Waals surface area contributed by atoms with Gasteiger partial charge in [-0.15, -0.1) is 0 Å². The minimum Gasteiger partial charge on any atom is -0.352 e. The molecule has 0 aliphatic heterocycles. The number of hydrogen-bond donors (Lipinski definition) is 2.